The molecule has 0 radical (unpaired) electrons. The van der Waals surface area contributed by atoms with Gasteiger partial charge in [-0.15, -0.1) is 0 Å². The van der Waals surface area contributed by atoms with Crippen molar-refractivity contribution in [2.75, 3.05) is 0 Å². The van der Waals surface area contributed by atoms with E-state index in [2.05, 4.69) is 15.1 Å². The van der Waals surface area contributed by atoms with Crippen molar-refractivity contribution in [2.45, 2.75) is 26.2 Å². The largest absolute Gasteiger partial charge is 0.299 e. The molecule has 2 heterocycles. The molecule has 0 atom stereocenters. The van der Waals surface area contributed by atoms with Crippen molar-refractivity contribution in [3.05, 3.63) is 23.8 Å². The van der Waals surface area contributed by atoms with Gasteiger partial charge in [-0.3, -0.25) is 4.79 Å². The Hall–Kier alpha value is -1.78. The van der Waals surface area contributed by atoms with Gasteiger partial charge in [-0.25, -0.2) is 9.50 Å². The van der Waals surface area contributed by atoms with Crippen molar-refractivity contribution in [1.82, 2.24) is 19.6 Å². The van der Waals surface area contributed by atoms with Crippen molar-refractivity contribution in [3.63, 3.8) is 0 Å². The minimum atomic E-state index is 0.284. The number of aromatic nitrogens is 4. The van der Waals surface area contributed by atoms with E-state index in [0.29, 0.717) is 18.0 Å². The number of hydrogen-bond acceptors (Lipinski definition) is 4. The lowest BCUT2D eigenvalue weighted by atomic mass is 10.1. The zero-order valence-electron chi connectivity index (χ0n) is 9.05. The van der Waals surface area contributed by atoms with Gasteiger partial charge < -0.3 is 0 Å². The van der Waals surface area contributed by atoms with E-state index >= 15 is 0 Å². The van der Waals surface area contributed by atoms with Gasteiger partial charge in [0.25, 0.3) is 5.78 Å². The average Bonchev–Trinajstić information content (AvgIpc) is 2.98. The molecule has 3 rings (SSSR count). The van der Waals surface area contributed by atoms with E-state index in [0.717, 1.165) is 24.2 Å². The lowest BCUT2D eigenvalue weighted by Crippen LogP contribution is -2.10. The molecule has 0 aromatic carbocycles. The summed E-state index contributed by atoms with van der Waals surface area (Å²) in [6.07, 6.45) is 3.99. The van der Waals surface area contributed by atoms with Crippen LogP contribution in [0.2, 0.25) is 0 Å². The molecular formula is C11H12N4O. The molecule has 0 unspecified atom stereocenters. The Kier molecular flexibility index (Phi) is 1.99. The van der Waals surface area contributed by atoms with Gasteiger partial charge in [0, 0.05) is 18.0 Å². The molecule has 0 saturated heterocycles. The number of hydrogen-bond donors (Lipinski definition) is 0. The summed E-state index contributed by atoms with van der Waals surface area (Å²) in [5.74, 6) is 1.16. The SMILES string of the molecule is Cc1cc(CC(=O)C2CC2)n2ncnc2n1. The highest BCUT2D eigenvalue weighted by molar-refractivity contribution is 5.85. The zero-order chi connectivity index (χ0) is 11.1. The highest BCUT2D eigenvalue weighted by Crippen LogP contribution is 2.30. The second-order valence-electron chi connectivity index (χ2n) is 4.28. The normalized spacial score (nSPS) is 15.6. The number of fused-ring (bicyclic) bond motifs is 1. The topological polar surface area (TPSA) is 60.2 Å². The summed E-state index contributed by atoms with van der Waals surface area (Å²) in [6, 6.07) is 1.90. The third-order valence-corrected chi connectivity index (χ3v) is 2.84. The number of carbonyl (C=O) groups excluding carboxylic acids is 1. The number of aryl methyl sites for hydroxylation is 1. The Morgan fingerprint density at radius 1 is 1.56 bits per heavy atom. The molecule has 1 aliphatic rings. The summed E-state index contributed by atoms with van der Waals surface area (Å²) < 4.78 is 1.65. The third kappa shape index (κ3) is 1.58. The van der Waals surface area contributed by atoms with Crippen molar-refractivity contribution < 1.29 is 4.79 Å². The second-order valence-corrected chi connectivity index (χ2v) is 4.28. The van der Waals surface area contributed by atoms with Crippen LogP contribution in [0.4, 0.5) is 0 Å². The molecule has 5 nitrogen and oxygen atoms in total. The van der Waals surface area contributed by atoms with Crippen molar-refractivity contribution in [2.24, 2.45) is 5.92 Å². The van der Waals surface area contributed by atoms with Crippen molar-refractivity contribution in [3.8, 4) is 0 Å². The number of nitrogens with zero attached hydrogens (tertiary/aromatic N) is 4. The second kappa shape index (κ2) is 3.37. The molecule has 1 aliphatic carbocycles. The summed E-state index contributed by atoms with van der Waals surface area (Å²) in [5.41, 5.74) is 1.76. The summed E-state index contributed by atoms with van der Waals surface area (Å²) in [4.78, 5) is 20.0. The number of carbonyl (C=O) groups is 1. The molecule has 0 spiro atoms. The number of ketones is 1. The van der Waals surface area contributed by atoms with Gasteiger partial charge in [-0.1, -0.05) is 0 Å². The fourth-order valence-corrected chi connectivity index (χ4v) is 1.86. The maximum Gasteiger partial charge on any atom is 0.252 e. The summed E-state index contributed by atoms with van der Waals surface area (Å²) >= 11 is 0. The Balaban J connectivity index is 2.00. The highest BCUT2D eigenvalue weighted by atomic mass is 16.1. The first kappa shape index (κ1) is 9.45. The molecular weight excluding hydrogens is 204 g/mol. The van der Waals surface area contributed by atoms with E-state index in [1.54, 1.807) is 4.52 Å². The lowest BCUT2D eigenvalue weighted by molar-refractivity contribution is -0.119. The standard InChI is InChI=1S/C11H12N4O/c1-7-4-9(5-10(16)8-2-3-8)15-11(14-7)12-6-13-15/h4,6,8H,2-3,5H2,1H3. The first-order chi connectivity index (χ1) is 7.74. The van der Waals surface area contributed by atoms with E-state index in [-0.39, 0.29) is 5.92 Å². The Morgan fingerprint density at radius 2 is 2.38 bits per heavy atom. The zero-order valence-corrected chi connectivity index (χ0v) is 9.05. The molecule has 16 heavy (non-hydrogen) atoms. The van der Waals surface area contributed by atoms with Crippen LogP contribution in [-0.2, 0) is 11.2 Å². The molecule has 0 bridgehead atoms. The quantitative estimate of drug-likeness (QED) is 0.766. The number of Topliss-reactive ketones (excluding diaryl/α,β-unsaturated/α-hetero) is 1. The van der Waals surface area contributed by atoms with Crippen LogP contribution in [0.25, 0.3) is 5.78 Å². The van der Waals surface area contributed by atoms with Crippen LogP contribution < -0.4 is 0 Å². The predicted molar refractivity (Wildman–Crippen MR) is 57.0 cm³/mol. The van der Waals surface area contributed by atoms with Crippen LogP contribution in [0.15, 0.2) is 12.4 Å². The summed E-state index contributed by atoms with van der Waals surface area (Å²) in [7, 11) is 0. The lowest BCUT2D eigenvalue weighted by Gasteiger charge is -2.03. The van der Waals surface area contributed by atoms with E-state index in [9.17, 15) is 4.79 Å². The van der Waals surface area contributed by atoms with Gasteiger partial charge in [0.05, 0.1) is 5.69 Å². The van der Waals surface area contributed by atoms with E-state index in [1.807, 2.05) is 13.0 Å². The monoisotopic (exact) mass is 216 g/mol. The molecule has 2 aromatic rings. The van der Waals surface area contributed by atoms with Gasteiger partial charge in [-0.2, -0.15) is 10.1 Å². The smallest absolute Gasteiger partial charge is 0.252 e. The minimum absolute atomic E-state index is 0.284. The van der Waals surface area contributed by atoms with Crippen LogP contribution in [0.3, 0.4) is 0 Å². The van der Waals surface area contributed by atoms with Crippen LogP contribution in [0.5, 0.6) is 0 Å². The van der Waals surface area contributed by atoms with Gasteiger partial charge in [0.1, 0.15) is 12.1 Å². The predicted octanol–water partition coefficient (Wildman–Crippen LogP) is 0.954. The maximum absolute atomic E-state index is 11.8. The minimum Gasteiger partial charge on any atom is -0.299 e. The molecule has 5 heteroatoms. The Labute approximate surface area is 92.5 Å². The van der Waals surface area contributed by atoms with E-state index in [1.165, 1.54) is 6.33 Å². The van der Waals surface area contributed by atoms with E-state index in [4.69, 9.17) is 0 Å². The van der Waals surface area contributed by atoms with Gasteiger partial charge >= 0.3 is 0 Å². The Bertz CT molecular complexity index is 556. The molecule has 2 aromatic heterocycles. The van der Waals surface area contributed by atoms with Crippen LogP contribution in [-0.4, -0.2) is 25.4 Å². The van der Waals surface area contributed by atoms with Gasteiger partial charge in [-0.05, 0) is 25.8 Å². The Morgan fingerprint density at radius 3 is 3.12 bits per heavy atom. The molecule has 0 amide bonds. The first-order valence-electron chi connectivity index (χ1n) is 5.43. The van der Waals surface area contributed by atoms with Crippen LogP contribution in [0.1, 0.15) is 24.2 Å². The molecule has 0 aliphatic heterocycles. The van der Waals surface area contributed by atoms with Gasteiger partial charge in [0.15, 0.2) is 0 Å². The summed E-state index contributed by atoms with van der Waals surface area (Å²) in [6.45, 7) is 1.90. The van der Waals surface area contributed by atoms with Crippen LogP contribution >= 0.6 is 0 Å². The van der Waals surface area contributed by atoms with Gasteiger partial charge in [0.2, 0.25) is 0 Å². The first-order valence-corrected chi connectivity index (χ1v) is 5.43. The van der Waals surface area contributed by atoms with Crippen molar-refractivity contribution in [1.29, 1.82) is 0 Å². The average molecular weight is 216 g/mol. The molecule has 82 valence electrons. The van der Waals surface area contributed by atoms with E-state index < -0.39 is 0 Å². The fourth-order valence-electron chi connectivity index (χ4n) is 1.86. The highest BCUT2D eigenvalue weighted by Gasteiger charge is 2.29. The number of rotatable bonds is 3. The molecule has 1 fully saturated rings. The molecule has 1 saturated carbocycles. The summed E-state index contributed by atoms with van der Waals surface area (Å²) in [5, 5.41) is 4.08. The fraction of sp³-hybridized carbons (Fsp3) is 0.455. The third-order valence-electron chi connectivity index (χ3n) is 2.84. The van der Waals surface area contributed by atoms with Crippen LogP contribution in [0, 0.1) is 12.8 Å². The maximum atomic E-state index is 11.8. The molecule has 0 N–H and O–H groups in total. The van der Waals surface area contributed by atoms with Crippen molar-refractivity contribution >= 4 is 11.6 Å².